The molecule has 3 N–H and O–H groups in total. The number of fused-ring (bicyclic) bond motifs is 1. The van der Waals surface area contributed by atoms with Gasteiger partial charge in [0.2, 0.25) is 0 Å². The third kappa shape index (κ3) is 3.24. The highest BCUT2D eigenvalue weighted by molar-refractivity contribution is 7.99. The van der Waals surface area contributed by atoms with Crippen molar-refractivity contribution in [3.05, 3.63) is 35.4 Å². The summed E-state index contributed by atoms with van der Waals surface area (Å²) < 4.78 is 0. The second-order valence-corrected chi connectivity index (χ2v) is 6.69. The van der Waals surface area contributed by atoms with Crippen LogP contribution in [0.3, 0.4) is 0 Å². The number of hydrogen-bond acceptors (Lipinski definition) is 3. The molecular formula is C14H22N2S. The summed E-state index contributed by atoms with van der Waals surface area (Å²) in [4.78, 5) is 0. The molecule has 0 spiro atoms. The van der Waals surface area contributed by atoms with E-state index in [4.69, 9.17) is 5.84 Å². The number of thioether (sulfide) groups is 1. The van der Waals surface area contributed by atoms with E-state index in [0.717, 1.165) is 12.2 Å². The zero-order valence-electron chi connectivity index (χ0n) is 10.6. The molecular weight excluding hydrogens is 228 g/mol. The first-order chi connectivity index (χ1) is 8.20. The highest BCUT2D eigenvalue weighted by Crippen LogP contribution is 2.38. The maximum absolute atomic E-state index is 5.64. The van der Waals surface area contributed by atoms with Crippen molar-refractivity contribution >= 4 is 11.8 Å². The molecule has 0 saturated heterocycles. The van der Waals surface area contributed by atoms with E-state index >= 15 is 0 Å². The minimum atomic E-state index is 0.431. The van der Waals surface area contributed by atoms with Crippen molar-refractivity contribution in [2.24, 2.45) is 5.84 Å². The Bertz CT molecular complexity index is 365. The molecule has 1 aliphatic rings. The summed E-state index contributed by atoms with van der Waals surface area (Å²) in [6.45, 7) is 4.47. The lowest BCUT2D eigenvalue weighted by atomic mass is 9.75. The lowest BCUT2D eigenvalue weighted by molar-refractivity contribution is 0.451. The Morgan fingerprint density at radius 3 is 2.82 bits per heavy atom. The van der Waals surface area contributed by atoms with E-state index in [1.807, 2.05) is 11.8 Å². The molecule has 1 aromatic rings. The summed E-state index contributed by atoms with van der Waals surface area (Å²) in [7, 11) is 0. The van der Waals surface area contributed by atoms with Gasteiger partial charge in [0.15, 0.2) is 0 Å². The molecule has 2 unspecified atom stereocenters. The van der Waals surface area contributed by atoms with Gasteiger partial charge in [-0.2, -0.15) is 11.8 Å². The van der Waals surface area contributed by atoms with E-state index in [-0.39, 0.29) is 0 Å². The van der Waals surface area contributed by atoms with Crippen LogP contribution >= 0.6 is 11.8 Å². The summed E-state index contributed by atoms with van der Waals surface area (Å²) >= 11 is 1.98. The second kappa shape index (κ2) is 5.89. The molecule has 3 heteroatoms. The van der Waals surface area contributed by atoms with E-state index in [2.05, 4.69) is 43.5 Å². The van der Waals surface area contributed by atoms with E-state index in [1.54, 1.807) is 0 Å². The van der Waals surface area contributed by atoms with Gasteiger partial charge in [-0.25, -0.2) is 0 Å². The Labute approximate surface area is 108 Å². The third-order valence-electron chi connectivity index (χ3n) is 3.40. The molecule has 0 fully saturated rings. The number of benzene rings is 1. The van der Waals surface area contributed by atoms with Crippen molar-refractivity contribution in [3.8, 4) is 0 Å². The normalized spacial score (nSPS) is 19.9. The number of nitrogens with two attached hydrogens (primary N) is 1. The van der Waals surface area contributed by atoms with Crippen LogP contribution in [0, 0.1) is 0 Å². The van der Waals surface area contributed by atoms with Gasteiger partial charge in [-0.3, -0.25) is 11.3 Å². The quantitative estimate of drug-likeness (QED) is 0.602. The number of rotatable bonds is 6. The second-order valence-electron chi connectivity index (χ2n) is 5.08. The van der Waals surface area contributed by atoms with Crippen LogP contribution in [-0.4, -0.2) is 17.0 Å². The largest absolute Gasteiger partial charge is 0.271 e. The maximum Gasteiger partial charge on any atom is 0.0307 e. The van der Waals surface area contributed by atoms with E-state index in [1.165, 1.54) is 17.5 Å². The smallest absolute Gasteiger partial charge is 0.0307 e. The van der Waals surface area contributed by atoms with E-state index < -0.39 is 0 Å². The Balaban J connectivity index is 1.85. The zero-order valence-corrected chi connectivity index (χ0v) is 11.5. The van der Waals surface area contributed by atoms with Crippen molar-refractivity contribution in [1.82, 2.24) is 5.43 Å². The van der Waals surface area contributed by atoms with Crippen LogP contribution < -0.4 is 11.3 Å². The maximum atomic E-state index is 5.64. The summed E-state index contributed by atoms with van der Waals surface area (Å²) in [5.41, 5.74) is 6.01. The van der Waals surface area contributed by atoms with Crippen molar-refractivity contribution in [3.63, 3.8) is 0 Å². The molecule has 1 aromatic carbocycles. The molecule has 2 rings (SSSR count). The van der Waals surface area contributed by atoms with Gasteiger partial charge in [-0.05, 0) is 35.1 Å². The predicted molar refractivity (Wildman–Crippen MR) is 76.2 cm³/mol. The van der Waals surface area contributed by atoms with Crippen molar-refractivity contribution in [2.75, 3.05) is 5.75 Å². The van der Waals surface area contributed by atoms with Crippen LogP contribution in [-0.2, 0) is 6.42 Å². The minimum absolute atomic E-state index is 0.431. The number of hydrazine groups is 1. The summed E-state index contributed by atoms with van der Waals surface area (Å²) in [6, 6.07) is 9.19. The first-order valence-corrected chi connectivity index (χ1v) is 7.41. The average molecular weight is 250 g/mol. The Hall–Kier alpha value is -0.510. The van der Waals surface area contributed by atoms with Gasteiger partial charge < -0.3 is 0 Å². The fourth-order valence-corrected chi connectivity index (χ4v) is 3.26. The minimum Gasteiger partial charge on any atom is -0.271 e. The molecule has 17 heavy (non-hydrogen) atoms. The number of hydrogen-bond donors (Lipinski definition) is 2. The van der Waals surface area contributed by atoms with Gasteiger partial charge in [-0.15, -0.1) is 0 Å². The average Bonchev–Trinajstić information content (AvgIpc) is 2.29. The molecule has 0 heterocycles. The van der Waals surface area contributed by atoms with Crippen molar-refractivity contribution in [1.29, 1.82) is 0 Å². The fraction of sp³-hybridized carbons (Fsp3) is 0.571. The zero-order chi connectivity index (χ0) is 12.3. The highest BCUT2D eigenvalue weighted by atomic mass is 32.2. The van der Waals surface area contributed by atoms with Crippen LogP contribution in [0.25, 0.3) is 0 Å². The molecule has 0 aromatic heterocycles. The highest BCUT2D eigenvalue weighted by Gasteiger charge is 2.27. The molecule has 2 atom stereocenters. The molecule has 0 radical (unpaired) electrons. The van der Waals surface area contributed by atoms with Gasteiger partial charge in [0.1, 0.15) is 0 Å². The SMILES string of the molecule is CC(C)SCC(CC1Cc2ccccc21)NN. The molecule has 2 nitrogen and oxygen atoms in total. The van der Waals surface area contributed by atoms with Crippen LogP contribution in [0.2, 0.25) is 0 Å². The lowest BCUT2D eigenvalue weighted by Crippen LogP contribution is -2.39. The Morgan fingerprint density at radius 1 is 1.41 bits per heavy atom. The third-order valence-corrected chi connectivity index (χ3v) is 4.66. The Morgan fingerprint density at radius 2 is 2.18 bits per heavy atom. The number of nitrogens with one attached hydrogen (secondary N) is 1. The standard InChI is InChI=1S/C14H22N2S/c1-10(2)17-9-13(16-15)8-12-7-11-5-3-4-6-14(11)12/h3-6,10,12-13,16H,7-9,15H2,1-2H3. The fourth-order valence-electron chi connectivity index (χ4n) is 2.41. The molecule has 0 bridgehead atoms. The van der Waals surface area contributed by atoms with Crippen LogP contribution in [0.1, 0.15) is 37.3 Å². The van der Waals surface area contributed by atoms with E-state index in [0.29, 0.717) is 17.2 Å². The van der Waals surface area contributed by atoms with Gasteiger partial charge >= 0.3 is 0 Å². The van der Waals surface area contributed by atoms with Gasteiger partial charge in [0.25, 0.3) is 0 Å². The lowest BCUT2D eigenvalue weighted by Gasteiger charge is -2.33. The topological polar surface area (TPSA) is 38.0 Å². The van der Waals surface area contributed by atoms with Gasteiger partial charge in [0, 0.05) is 11.8 Å². The van der Waals surface area contributed by atoms with Crippen molar-refractivity contribution in [2.45, 2.75) is 43.9 Å². The van der Waals surface area contributed by atoms with E-state index in [9.17, 15) is 0 Å². The van der Waals surface area contributed by atoms with Crippen molar-refractivity contribution < 1.29 is 0 Å². The monoisotopic (exact) mass is 250 g/mol. The molecule has 94 valence electrons. The molecule has 0 saturated carbocycles. The van der Waals surface area contributed by atoms with Crippen LogP contribution in [0.15, 0.2) is 24.3 Å². The first kappa shape index (κ1) is 12.9. The summed E-state index contributed by atoms with van der Waals surface area (Å²) in [6.07, 6.45) is 2.38. The Kier molecular flexibility index (Phi) is 4.48. The van der Waals surface area contributed by atoms with Gasteiger partial charge in [0.05, 0.1) is 0 Å². The molecule has 1 aliphatic carbocycles. The predicted octanol–water partition coefficient (Wildman–Crippen LogP) is 2.69. The molecule has 0 amide bonds. The van der Waals surface area contributed by atoms with Crippen LogP contribution in [0.4, 0.5) is 0 Å². The van der Waals surface area contributed by atoms with Gasteiger partial charge in [-0.1, -0.05) is 38.1 Å². The molecule has 0 aliphatic heterocycles. The summed E-state index contributed by atoms with van der Waals surface area (Å²) in [5.74, 6) is 7.46. The summed E-state index contributed by atoms with van der Waals surface area (Å²) in [5, 5.41) is 0.680. The first-order valence-electron chi connectivity index (χ1n) is 6.36. The van der Waals surface area contributed by atoms with Crippen LogP contribution in [0.5, 0.6) is 0 Å².